The predicted molar refractivity (Wildman–Crippen MR) is 76.6 cm³/mol. The van der Waals surface area contributed by atoms with E-state index in [1.54, 1.807) is 24.1 Å². The van der Waals surface area contributed by atoms with E-state index in [0.717, 1.165) is 0 Å². The van der Waals surface area contributed by atoms with Crippen LogP contribution in [0.25, 0.3) is 0 Å². The molecule has 2 atom stereocenters. The average Bonchev–Trinajstić information content (AvgIpc) is 2.91. The van der Waals surface area contributed by atoms with Gasteiger partial charge in [-0.15, -0.1) is 0 Å². The molecule has 0 saturated carbocycles. The van der Waals surface area contributed by atoms with Gasteiger partial charge in [-0.1, -0.05) is 0 Å². The normalized spacial score (nSPS) is 21.3. The summed E-state index contributed by atoms with van der Waals surface area (Å²) in [7, 11) is 1.74. The van der Waals surface area contributed by atoms with E-state index in [4.69, 9.17) is 4.74 Å². The summed E-state index contributed by atoms with van der Waals surface area (Å²) in [6.07, 6.45) is 0.721. The second-order valence-electron chi connectivity index (χ2n) is 5.27. The van der Waals surface area contributed by atoms with Crippen molar-refractivity contribution in [1.29, 1.82) is 0 Å². The van der Waals surface area contributed by atoms with Crippen molar-refractivity contribution in [1.82, 2.24) is 10.2 Å². The maximum absolute atomic E-state index is 12.7. The highest BCUT2D eigenvalue weighted by atomic mass is 19.1. The Kier molecular flexibility index (Phi) is 5.52. The SMILES string of the molecule is CN(CCCOc1ccc(F)cc1)C(=O)C1CC(O)CN1. The third-order valence-corrected chi connectivity index (χ3v) is 3.50. The Balaban J connectivity index is 1.66. The number of aliphatic hydroxyl groups excluding tert-OH is 1. The largest absolute Gasteiger partial charge is 0.494 e. The molecule has 0 spiro atoms. The van der Waals surface area contributed by atoms with Crippen molar-refractivity contribution in [2.45, 2.75) is 25.0 Å². The number of carbonyl (C=O) groups is 1. The second-order valence-corrected chi connectivity index (χ2v) is 5.27. The van der Waals surface area contributed by atoms with E-state index >= 15 is 0 Å². The first-order valence-electron chi connectivity index (χ1n) is 7.11. The van der Waals surface area contributed by atoms with Gasteiger partial charge in [0.15, 0.2) is 0 Å². The van der Waals surface area contributed by atoms with E-state index < -0.39 is 6.10 Å². The van der Waals surface area contributed by atoms with Crippen LogP contribution in [0.2, 0.25) is 0 Å². The zero-order valence-electron chi connectivity index (χ0n) is 12.1. The smallest absolute Gasteiger partial charge is 0.239 e. The Bertz CT molecular complexity index is 466. The molecule has 21 heavy (non-hydrogen) atoms. The summed E-state index contributed by atoms with van der Waals surface area (Å²) < 4.78 is 18.2. The molecule has 2 rings (SSSR count). The molecule has 0 aromatic heterocycles. The third-order valence-electron chi connectivity index (χ3n) is 3.50. The molecule has 1 aromatic rings. The molecular formula is C15H21FN2O3. The lowest BCUT2D eigenvalue weighted by atomic mass is 10.2. The monoisotopic (exact) mass is 296 g/mol. The Morgan fingerprint density at radius 3 is 2.81 bits per heavy atom. The maximum Gasteiger partial charge on any atom is 0.239 e. The summed E-state index contributed by atoms with van der Waals surface area (Å²) in [6, 6.07) is 5.56. The summed E-state index contributed by atoms with van der Waals surface area (Å²) in [5.41, 5.74) is 0. The number of rotatable bonds is 6. The van der Waals surface area contributed by atoms with E-state index in [9.17, 15) is 14.3 Å². The minimum atomic E-state index is -0.436. The quantitative estimate of drug-likeness (QED) is 0.762. The predicted octanol–water partition coefficient (Wildman–Crippen LogP) is 0.776. The molecular weight excluding hydrogens is 275 g/mol. The van der Waals surface area contributed by atoms with Gasteiger partial charge in [0.05, 0.1) is 18.8 Å². The second kappa shape index (κ2) is 7.38. The van der Waals surface area contributed by atoms with Crippen LogP contribution < -0.4 is 10.1 Å². The van der Waals surface area contributed by atoms with Crippen molar-refractivity contribution in [3.63, 3.8) is 0 Å². The lowest BCUT2D eigenvalue weighted by Gasteiger charge is -2.21. The van der Waals surface area contributed by atoms with E-state index in [1.165, 1.54) is 12.1 Å². The molecule has 6 heteroatoms. The van der Waals surface area contributed by atoms with Gasteiger partial charge >= 0.3 is 0 Å². The summed E-state index contributed by atoms with van der Waals surface area (Å²) in [4.78, 5) is 13.7. The molecule has 1 aromatic carbocycles. The van der Waals surface area contributed by atoms with Gasteiger partial charge < -0.3 is 20.1 Å². The Morgan fingerprint density at radius 1 is 1.48 bits per heavy atom. The van der Waals surface area contributed by atoms with E-state index in [-0.39, 0.29) is 17.8 Å². The summed E-state index contributed by atoms with van der Waals surface area (Å²) in [6.45, 7) is 1.51. The fourth-order valence-electron chi connectivity index (χ4n) is 2.30. The molecule has 1 amide bonds. The molecule has 1 heterocycles. The number of benzene rings is 1. The molecule has 116 valence electrons. The number of ether oxygens (including phenoxy) is 1. The van der Waals surface area contributed by atoms with Crippen LogP contribution in [0.4, 0.5) is 4.39 Å². The first kappa shape index (κ1) is 15.7. The van der Waals surface area contributed by atoms with Crippen LogP contribution >= 0.6 is 0 Å². The number of carbonyl (C=O) groups excluding carboxylic acids is 1. The van der Waals surface area contributed by atoms with Crippen LogP contribution in [-0.2, 0) is 4.79 Å². The van der Waals surface area contributed by atoms with Gasteiger partial charge in [-0.3, -0.25) is 4.79 Å². The molecule has 0 radical (unpaired) electrons. The molecule has 1 aliphatic rings. The number of β-amino-alcohol motifs (C(OH)–C–C–N with tert-alkyl or cyclic N) is 1. The number of amides is 1. The van der Waals surface area contributed by atoms with Crippen LogP contribution in [0.15, 0.2) is 24.3 Å². The minimum absolute atomic E-state index is 0.00617. The Morgan fingerprint density at radius 2 is 2.19 bits per heavy atom. The van der Waals surface area contributed by atoms with Gasteiger partial charge in [0, 0.05) is 20.1 Å². The number of halogens is 1. The number of hydrogen-bond donors (Lipinski definition) is 2. The zero-order chi connectivity index (χ0) is 15.2. The van der Waals surface area contributed by atoms with Crippen molar-refractivity contribution >= 4 is 5.91 Å². The van der Waals surface area contributed by atoms with Crippen molar-refractivity contribution in [3.05, 3.63) is 30.1 Å². The van der Waals surface area contributed by atoms with Gasteiger partial charge in [0.2, 0.25) is 5.91 Å². The number of hydrogen-bond acceptors (Lipinski definition) is 4. The standard InChI is InChI=1S/C15H21FN2O3/c1-18(15(20)14-9-12(19)10-17-14)7-2-8-21-13-5-3-11(16)4-6-13/h3-6,12,14,17,19H,2,7-10H2,1H3. The molecule has 1 saturated heterocycles. The van der Waals surface area contributed by atoms with Gasteiger partial charge in [0.25, 0.3) is 0 Å². The number of nitrogens with one attached hydrogen (secondary N) is 1. The highest BCUT2D eigenvalue weighted by molar-refractivity contribution is 5.82. The molecule has 0 bridgehead atoms. The molecule has 1 fully saturated rings. The highest BCUT2D eigenvalue weighted by Crippen LogP contribution is 2.12. The maximum atomic E-state index is 12.7. The third kappa shape index (κ3) is 4.68. The van der Waals surface area contributed by atoms with Crippen LogP contribution in [0.3, 0.4) is 0 Å². The van der Waals surface area contributed by atoms with Gasteiger partial charge in [0.1, 0.15) is 11.6 Å². The highest BCUT2D eigenvalue weighted by Gasteiger charge is 2.29. The van der Waals surface area contributed by atoms with Crippen LogP contribution in [0.1, 0.15) is 12.8 Å². The van der Waals surface area contributed by atoms with E-state index in [2.05, 4.69) is 5.32 Å². The van der Waals surface area contributed by atoms with Crippen LogP contribution in [-0.4, -0.2) is 54.8 Å². The van der Waals surface area contributed by atoms with Crippen molar-refractivity contribution in [2.24, 2.45) is 0 Å². The number of nitrogens with zero attached hydrogens (tertiary/aromatic N) is 1. The molecule has 1 aliphatic heterocycles. The number of likely N-dealkylation sites (N-methyl/N-ethyl adjacent to an activating group) is 1. The van der Waals surface area contributed by atoms with Crippen molar-refractivity contribution < 1.29 is 19.0 Å². The first-order valence-corrected chi connectivity index (χ1v) is 7.11. The van der Waals surface area contributed by atoms with Crippen molar-refractivity contribution in [3.8, 4) is 5.75 Å². The summed E-state index contributed by atoms with van der Waals surface area (Å²) >= 11 is 0. The van der Waals surface area contributed by atoms with Gasteiger partial charge in [-0.25, -0.2) is 4.39 Å². The molecule has 0 aliphatic carbocycles. The van der Waals surface area contributed by atoms with Gasteiger partial charge in [-0.05, 0) is 37.1 Å². The van der Waals surface area contributed by atoms with Crippen LogP contribution in [0, 0.1) is 5.82 Å². The summed E-state index contributed by atoms with van der Waals surface area (Å²) in [5.74, 6) is 0.318. The first-order chi connectivity index (χ1) is 10.1. The molecule has 5 nitrogen and oxygen atoms in total. The lowest BCUT2D eigenvalue weighted by molar-refractivity contribution is -0.132. The topological polar surface area (TPSA) is 61.8 Å². The van der Waals surface area contributed by atoms with Gasteiger partial charge in [-0.2, -0.15) is 0 Å². The Hall–Kier alpha value is -1.66. The molecule has 2 N–H and O–H groups in total. The van der Waals surface area contributed by atoms with Crippen molar-refractivity contribution in [2.75, 3.05) is 26.7 Å². The number of aliphatic hydroxyl groups is 1. The Labute approximate surface area is 123 Å². The lowest BCUT2D eigenvalue weighted by Crippen LogP contribution is -2.42. The minimum Gasteiger partial charge on any atom is -0.494 e. The fraction of sp³-hybridized carbons (Fsp3) is 0.533. The summed E-state index contributed by atoms with van der Waals surface area (Å²) in [5, 5.41) is 12.4. The van der Waals surface area contributed by atoms with E-state index in [1.807, 2.05) is 0 Å². The molecule has 2 unspecified atom stereocenters. The fourth-order valence-corrected chi connectivity index (χ4v) is 2.30. The average molecular weight is 296 g/mol. The van der Waals surface area contributed by atoms with E-state index in [0.29, 0.717) is 38.3 Å². The van der Waals surface area contributed by atoms with Crippen LogP contribution in [0.5, 0.6) is 5.75 Å². The zero-order valence-corrected chi connectivity index (χ0v) is 12.1.